The quantitative estimate of drug-likeness (QED) is 0.654. The second-order valence-corrected chi connectivity index (χ2v) is 5.88. The summed E-state index contributed by atoms with van der Waals surface area (Å²) in [6, 6.07) is 27.7. The SMILES string of the molecule is CN(C)c1ccc(-c2ccc(N(C)c3ccccc3)cc2)cc1. The van der Waals surface area contributed by atoms with Crippen molar-refractivity contribution in [1.82, 2.24) is 0 Å². The first-order valence-corrected chi connectivity index (χ1v) is 7.82. The lowest BCUT2D eigenvalue weighted by Crippen LogP contribution is -2.08. The van der Waals surface area contributed by atoms with Gasteiger partial charge in [-0.25, -0.2) is 0 Å². The van der Waals surface area contributed by atoms with Gasteiger partial charge in [-0.05, 0) is 47.5 Å². The molecule has 3 aromatic rings. The Labute approximate surface area is 138 Å². The topological polar surface area (TPSA) is 6.48 Å². The summed E-state index contributed by atoms with van der Waals surface area (Å²) in [5.74, 6) is 0. The van der Waals surface area contributed by atoms with Crippen LogP contribution in [-0.2, 0) is 0 Å². The van der Waals surface area contributed by atoms with Crippen molar-refractivity contribution in [2.75, 3.05) is 30.9 Å². The van der Waals surface area contributed by atoms with Gasteiger partial charge in [-0.3, -0.25) is 0 Å². The van der Waals surface area contributed by atoms with E-state index in [2.05, 4.69) is 104 Å². The van der Waals surface area contributed by atoms with Crippen molar-refractivity contribution in [3.05, 3.63) is 78.9 Å². The second kappa shape index (κ2) is 6.57. The molecule has 0 saturated carbocycles. The number of rotatable bonds is 4. The summed E-state index contributed by atoms with van der Waals surface area (Å²) in [6.45, 7) is 0. The average molecular weight is 302 g/mol. The third-order valence-corrected chi connectivity index (χ3v) is 4.12. The van der Waals surface area contributed by atoms with Crippen molar-refractivity contribution >= 4 is 17.1 Å². The van der Waals surface area contributed by atoms with E-state index in [-0.39, 0.29) is 0 Å². The zero-order valence-electron chi connectivity index (χ0n) is 13.9. The smallest absolute Gasteiger partial charge is 0.0408 e. The van der Waals surface area contributed by atoms with E-state index in [0.29, 0.717) is 0 Å². The molecule has 0 heterocycles. The van der Waals surface area contributed by atoms with Crippen molar-refractivity contribution < 1.29 is 0 Å². The molecule has 0 N–H and O–H groups in total. The van der Waals surface area contributed by atoms with Gasteiger partial charge in [0, 0.05) is 38.2 Å². The Balaban J connectivity index is 1.82. The molecule has 2 heteroatoms. The van der Waals surface area contributed by atoms with Crippen LogP contribution in [0.5, 0.6) is 0 Å². The largest absolute Gasteiger partial charge is 0.378 e. The van der Waals surface area contributed by atoms with E-state index < -0.39 is 0 Å². The summed E-state index contributed by atoms with van der Waals surface area (Å²) in [6.07, 6.45) is 0. The number of benzene rings is 3. The van der Waals surface area contributed by atoms with Gasteiger partial charge >= 0.3 is 0 Å². The van der Waals surface area contributed by atoms with E-state index >= 15 is 0 Å². The minimum atomic E-state index is 1.19. The highest BCUT2D eigenvalue weighted by molar-refractivity contribution is 5.70. The Morgan fingerprint density at radius 1 is 0.478 bits per heavy atom. The Bertz CT molecular complexity index is 744. The van der Waals surface area contributed by atoms with E-state index in [1.807, 2.05) is 6.07 Å². The van der Waals surface area contributed by atoms with Crippen LogP contribution in [0.25, 0.3) is 11.1 Å². The molecular formula is C21H22N2. The first kappa shape index (κ1) is 15.2. The van der Waals surface area contributed by atoms with Crippen LogP contribution in [0, 0.1) is 0 Å². The van der Waals surface area contributed by atoms with Crippen LogP contribution < -0.4 is 9.80 Å². The summed E-state index contributed by atoms with van der Waals surface area (Å²) in [5, 5.41) is 0. The lowest BCUT2D eigenvalue weighted by molar-refractivity contribution is 1.13. The lowest BCUT2D eigenvalue weighted by atomic mass is 10.0. The zero-order chi connectivity index (χ0) is 16.2. The molecule has 0 aliphatic carbocycles. The van der Waals surface area contributed by atoms with Crippen LogP contribution in [0.3, 0.4) is 0 Å². The summed E-state index contributed by atoms with van der Waals surface area (Å²) in [5.41, 5.74) is 6.07. The first-order valence-electron chi connectivity index (χ1n) is 7.82. The minimum Gasteiger partial charge on any atom is -0.378 e. The van der Waals surface area contributed by atoms with Gasteiger partial charge in [0.15, 0.2) is 0 Å². The molecule has 3 aromatic carbocycles. The standard InChI is InChI=1S/C21H22N2/c1-22(2)19-13-9-17(10-14-19)18-11-15-21(16-12-18)23(3)20-7-5-4-6-8-20/h4-16H,1-3H3. The van der Waals surface area contributed by atoms with E-state index in [0.717, 1.165) is 0 Å². The second-order valence-electron chi connectivity index (χ2n) is 5.88. The molecule has 0 amide bonds. The summed E-state index contributed by atoms with van der Waals surface area (Å²) in [7, 11) is 6.21. The lowest BCUT2D eigenvalue weighted by Gasteiger charge is -2.19. The molecule has 0 aromatic heterocycles. The van der Waals surface area contributed by atoms with Gasteiger partial charge in [-0.2, -0.15) is 0 Å². The molecule has 0 atom stereocenters. The van der Waals surface area contributed by atoms with Gasteiger partial charge in [0.05, 0.1) is 0 Å². The van der Waals surface area contributed by atoms with E-state index in [1.165, 1.54) is 28.2 Å². The van der Waals surface area contributed by atoms with Gasteiger partial charge in [-0.1, -0.05) is 42.5 Å². The van der Waals surface area contributed by atoms with Crippen LogP contribution in [0.1, 0.15) is 0 Å². The van der Waals surface area contributed by atoms with Crippen LogP contribution >= 0.6 is 0 Å². The van der Waals surface area contributed by atoms with Crippen molar-refractivity contribution in [2.24, 2.45) is 0 Å². The molecule has 0 aliphatic rings. The maximum Gasteiger partial charge on any atom is 0.0408 e. The highest BCUT2D eigenvalue weighted by Gasteiger charge is 2.04. The first-order chi connectivity index (χ1) is 11.1. The molecule has 0 aliphatic heterocycles. The monoisotopic (exact) mass is 302 g/mol. The van der Waals surface area contributed by atoms with Gasteiger partial charge < -0.3 is 9.80 Å². The highest BCUT2D eigenvalue weighted by atomic mass is 15.1. The molecule has 0 fully saturated rings. The molecule has 0 bridgehead atoms. The van der Waals surface area contributed by atoms with Crippen molar-refractivity contribution in [1.29, 1.82) is 0 Å². The molecule has 0 saturated heterocycles. The van der Waals surface area contributed by atoms with Gasteiger partial charge in [0.1, 0.15) is 0 Å². The Morgan fingerprint density at radius 3 is 1.39 bits per heavy atom. The molecular weight excluding hydrogens is 280 g/mol. The number of nitrogens with zero attached hydrogens (tertiary/aromatic N) is 2. The van der Waals surface area contributed by atoms with Gasteiger partial charge in [-0.15, -0.1) is 0 Å². The van der Waals surface area contributed by atoms with Crippen LogP contribution in [0.2, 0.25) is 0 Å². The maximum atomic E-state index is 2.19. The Hall–Kier alpha value is -2.74. The maximum absolute atomic E-state index is 2.19. The molecule has 23 heavy (non-hydrogen) atoms. The van der Waals surface area contributed by atoms with Gasteiger partial charge in [0.25, 0.3) is 0 Å². The number of hydrogen-bond acceptors (Lipinski definition) is 2. The predicted octanol–water partition coefficient (Wildman–Crippen LogP) is 5.19. The molecule has 3 rings (SSSR count). The Morgan fingerprint density at radius 2 is 0.913 bits per heavy atom. The van der Waals surface area contributed by atoms with Crippen molar-refractivity contribution in [3.63, 3.8) is 0 Å². The number of anilines is 3. The summed E-state index contributed by atoms with van der Waals surface area (Å²) < 4.78 is 0. The molecule has 0 spiro atoms. The van der Waals surface area contributed by atoms with Crippen molar-refractivity contribution in [2.45, 2.75) is 0 Å². The Kier molecular flexibility index (Phi) is 4.33. The third kappa shape index (κ3) is 3.37. The molecule has 0 radical (unpaired) electrons. The zero-order valence-corrected chi connectivity index (χ0v) is 13.9. The van der Waals surface area contributed by atoms with E-state index in [9.17, 15) is 0 Å². The van der Waals surface area contributed by atoms with Gasteiger partial charge in [0.2, 0.25) is 0 Å². The van der Waals surface area contributed by atoms with Crippen molar-refractivity contribution in [3.8, 4) is 11.1 Å². The van der Waals surface area contributed by atoms with Crippen LogP contribution in [0.4, 0.5) is 17.1 Å². The summed E-state index contributed by atoms with van der Waals surface area (Å²) >= 11 is 0. The fraction of sp³-hybridized carbons (Fsp3) is 0.143. The predicted molar refractivity (Wildman–Crippen MR) is 101 cm³/mol. The van der Waals surface area contributed by atoms with Crippen LogP contribution in [0.15, 0.2) is 78.9 Å². The number of hydrogen-bond donors (Lipinski definition) is 0. The molecule has 0 unspecified atom stereocenters. The normalized spacial score (nSPS) is 10.4. The average Bonchev–Trinajstić information content (AvgIpc) is 2.62. The van der Waals surface area contributed by atoms with E-state index in [4.69, 9.17) is 0 Å². The highest BCUT2D eigenvalue weighted by Crippen LogP contribution is 2.27. The third-order valence-electron chi connectivity index (χ3n) is 4.12. The summed E-state index contributed by atoms with van der Waals surface area (Å²) in [4.78, 5) is 4.31. The fourth-order valence-corrected chi connectivity index (χ4v) is 2.63. The van der Waals surface area contributed by atoms with E-state index in [1.54, 1.807) is 0 Å². The molecule has 116 valence electrons. The minimum absolute atomic E-state index is 1.19. The molecule has 2 nitrogen and oxygen atoms in total. The number of para-hydroxylation sites is 1. The van der Waals surface area contributed by atoms with Crippen LogP contribution in [-0.4, -0.2) is 21.1 Å². The fourth-order valence-electron chi connectivity index (χ4n) is 2.63.